The summed E-state index contributed by atoms with van der Waals surface area (Å²) in [6.07, 6.45) is 3.31. The molecule has 0 bridgehead atoms. The zero-order valence-corrected chi connectivity index (χ0v) is 15.7. The van der Waals surface area contributed by atoms with Crippen molar-refractivity contribution in [3.05, 3.63) is 45.9 Å². The number of imidazole rings is 1. The van der Waals surface area contributed by atoms with Gasteiger partial charge in [0.05, 0.1) is 10.0 Å². The zero-order valence-electron chi connectivity index (χ0n) is 13.4. The lowest BCUT2D eigenvalue weighted by Gasteiger charge is -2.30. The lowest BCUT2D eigenvalue weighted by atomic mass is 9.89. The molecule has 130 valence electrons. The predicted octanol–water partition coefficient (Wildman–Crippen LogP) is 5.32. The average molecular weight is 392 g/mol. The van der Waals surface area contributed by atoms with Crippen LogP contribution in [0, 0.1) is 5.41 Å². The molecule has 0 saturated heterocycles. The zero-order chi connectivity index (χ0) is 17.9. The lowest BCUT2D eigenvalue weighted by Crippen LogP contribution is -2.37. The number of hydrogen-bond donors (Lipinski definition) is 0. The maximum Gasteiger partial charge on any atom is 0.419 e. The molecule has 0 N–H and O–H groups in total. The smallest absolute Gasteiger partial charge is 0.419 e. The molecule has 0 aliphatic carbocycles. The maximum atomic E-state index is 12.1. The van der Waals surface area contributed by atoms with Crippen molar-refractivity contribution in [2.75, 3.05) is 6.61 Å². The van der Waals surface area contributed by atoms with Gasteiger partial charge in [0, 0.05) is 22.8 Å². The minimum absolute atomic E-state index is 0.0883. The summed E-state index contributed by atoms with van der Waals surface area (Å²) in [5.41, 5.74) is -0.360. The molecule has 1 unspecified atom stereocenters. The molecule has 0 fully saturated rings. The third-order valence-corrected chi connectivity index (χ3v) is 4.05. The SMILES string of the molecule is CC(C)(C)C(COc1c(Cl)cc(Cl)cc1Cl)OC(=O)n1ccnc1. The van der Waals surface area contributed by atoms with Crippen LogP contribution < -0.4 is 4.74 Å². The standard InChI is InChI=1S/C16H17Cl3N2O3/c1-16(2,3)13(24-15(22)21-5-4-20-9-21)8-23-14-11(18)6-10(17)7-12(14)19/h4-7,9,13H,8H2,1-3H3. The first-order chi connectivity index (χ1) is 11.2. The Labute approximate surface area is 155 Å². The summed E-state index contributed by atoms with van der Waals surface area (Å²) < 4.78 is 12.5. The molecule has 1 atom stereocenters. The van der Waals surface area contributed by atoms with Gasteiger partial charge in [-0.05, 0) is 12.1 Å². The van der Waals surface area contributed by atoms with E-state index in [1.165, 1.54) is 35.4 Å². The van der Waals surface area contributed by atoms with Gasteiger partial charge in [0.15, 0.2) is 5.75 Å². The van der Waals surface area contributed by atoms with Crippen molar-refractivity contribution >= 4 is 40.9 Å². The van der Waals surface area contributed by atoms with Crippen molar-refractivity contribution in [2.45, 2.75) is 26.9 Å². The Kier molecular flexibility index (Phi) is 6.01. The molecule has 0 saturated carbocycles. The highest BCUT2D eigenvalue weighted by Gasteiger charge is 2.30. The third-order valence-electron chi connectivity index (χ3n) is 3.27. The summed E-state index contributed by atoms with van der Waals surface area (Å²) in [5.74, 6) is 0.302. The molecule has 1 heterocycles. The fraction of sp³-hybridized carbons (Fsp3) is 0.375. The monoisotopic (exact) mass is 390 g/mol. The van der Waals surface area contributed by atoms with E-state index in [0.29, 0.717) is 20.8 Å². The highest BCUT2D eigenvalue weighted by molar-refractivity contribution is 6.40. The minimum atomic E-state index is -0.538. The molecule has 0 amide bonds. The van der Waals surface area contributed by atoms with Gasteiger partial charge in [-0.1, -0.05) is 55.6 Å². The van der Waals surface area contributed by atoms with Gasteiger partial charge < -0.3 is 9.47 Å². The molecule has 8 heteroatoms. The van der Waals surface area contributed by atoms with E-state index in [9.17, 15) is 4.79 Å². The van der Waals surface area contributed by atoms with Gasteiger partial charge in [-0.3, -0.25) is 0 Å². The van der Waals surface area contributed by atoms with Crippen molar-refractivity contribution < 1.29 is 14.3 Å². The fourth-order valence-corrected chi connectivity index (χ4v) is 2.76. The summed E-state index contributed by atoms with van der Waals surface area (Å²) in [5, 5.41) is 0.999. The van der Waals surface area contributed by atoms with Gasteiger partial charge in [0.1, 0.15) is 19.0 Å². The van der Waals surface area contributed by atoms with Crippen molar-refractivity contribution in [3.63, 3.8) is 0 Å². The molecule has 2 aromatic rings. The lowest BCUT2D eigenvalue weighted by molar-refractivity contribution is 0.00215. The van der Waals surface area contributed by atoms with E-state index in [4.69, 9.17) is 44.3 Å². The first kappa shape index (κ1) is 18.9. The summed E-state index contributed by atoms with van der Waals surface area (Å²) in [7, 11) is 0. The average Bonchev–Trinajstić information content (AvgIpc) is 2.97. The van der Waals surface area contributed by atoms with E-state index in [1.807, 2.05) is 20.8 Å². The van der Waals surface area contributed by atoms with Gasteiger partial charge in [-0.25, -0.2) is 14.3 Å². The Bertz CT molecular complexity index is 689. The second kappa shape index (κ2) is 7.64. The van der Waals surface area contributed by atoms with Gasteiger partial charge in [0.2, 0.25) is 0 Å². The van der Waals surface area contributed by atoms with Crippen LogP contribution >= 0.6 is 34.8 Å². The normalized spacial score (nSPS) is 12.8. The van der Waals surface area contributed by atoms with E-state index in [-0.39, 0.29) is 12.0 Å². The molecule has 5 nitrogen and oxygen atoms in total. The quantitative estimate of drug-likeness (QED) is 0.707. The van der Waals surface area contributed by atoms with E-state index < -0.39 is 12.2 Å². The molecule has 0 radical (unpaired) electrons. The molecule has 24 heavy (non-hydrogen) atoms. The van der Waals surface area contributed by atoms with Crippen LogP contribution in [-0.2, 0) is 4.74 Å². The van der Waals surface area contributed by atoms with Crippen LogP contribution in [-0.4, -0.2) is 28.4 Å². The molecule has 0 aliphatic rings. The first-order valence-electron chi connectivity index (χ1n) is 7.15. The summed E-state index contributed by atoms with van der Waals surface area (Å²) in [4.78, 5) is 15.9. The van der Waals surface area contributed by atoms with Crippen molar-refractivity contribution in [3.8, 4) is 5.75 Å². The highest BCUT2D eigenvalue weighted by atomic mass is 35.5. The molecular formula is C16H17Cl3N2O3. The Morgan fingerprint density at radius 2 is 1.88 bits per heavy atom. The molecule has 0 aliphatic heterocycles. The van der Waals surface area contributed by atoms with Gasteiger partial charge in [-0.15, -0.1) is 0 Å². The van der Waals surface area contributed by atoms with Crippen LogP contribution in [0.2, 0.25) is 15.1 Å². The number of hydrogen-bond acceptors (Lipinski definition) is 4. The molecule has 0 spiro atoms. The van der Waals surface area contributed by atoms with Gasteiger partial charge in [0.25, 0.3) is 0 Å². The van der Waals surface area contributed by atoms with E-state index in [1.54, 1.807) is 0 Å². The fourth-order valence-electron chi connectivity index (χ4n) is 1.84. The number of nitrogens with zero attached hydrogens (tertiary/aromatic N) is 2. The van der Waals surface area contributed by atoms with Crippen molar-refractivity contribution in [1.82, 2.24) is 9.55 Å². The number of benzene rings is 1. The van der Waals surface area contributed by atoms with Crippen molar-refractivity contribution in [1.29, 1.82) is 0 Å². The van der Waals surface area contributed by atoms with Crippen LogP contribution in [0.5, 0.6) is 5.75 Å². The van der Waals surface area contributed by atoms with Crippen LogP contribution in [0.1, 0.15) is 20.8 Å². The van der Waals surface area contributed by atoms with Crippen molar-refractivity contribution in [2.24, 2.45) is 5.41 Å². The largest absolute Gasteiger partial charge is 0.487 e. The van der Waals surface area contributed by atoms with Crippen LogP contribution in [0.4, 0.5) is 4.79 Å². The maximum absolute atomic E-state index is 12.1. The highest BCUT2D eigenvalue weighted by Crippen LogP contribution is 2.36. The number of carbonyl (C=O) groups is 1. The molecule has 2 rings (SSSR count). The molecule has 1 aromatic heterocycles. The van der Waals surface area contributed by atoms with Gasteiger partial charge >= 0.3 is 6.09 Å². The summed E-state index contributed by atoms with van der Waals surface area (Å²) in [6.45, 7) is 5.90. The summed E-state index contributed by atoms with van der Waals surface area (Å²) >= 11 is 18.1. The molecule has 1 aromatic carbocycles. The Hall–Kier alpha value is -1.43. The number of aromatic nitrogens is 2. The van der Waals surface area contributed by atoms with Crippen LogP contribution in [0.15, 0.2) is 30.9 Å². The predicted molar refractivity (Wildman–Crippen MR) is 94.3 cm³/mol. The Balaban J connectivity index is 2.12. The molecular weight excluding hydrogens is 375 g/mol. The van der Waals surface area contributed by atoms with Gasteiger partial charge in [-0.2, -0.15) is 0 Å². The Morgan fingerprint density at radius 3 is 2.38 bits per heavy atom. The Morgan fingerprint density at radius 1 is 1.25 bits per heavy atom. The summed E-state index contributed by atoms with van der Waals surface area (Å²) in [6, 6.07) is 3.07. The number of ether oxygens (including phenoxy) is 2. The first-order valence-corrected chi connectivity index (χ1v) is 8.28. The second-order valence-electron chi connectivity index (χ2n) is 6.22. The number of carbonyl (C=O) groups excluding carboxylic acids is 1. The second-order valence-corrected chi connectivity index (χ2v) is 7.47. The van der Waals surface area contributed by atoms with Crippen LogP contribution in [0.25, 0.3) is 0 Å². The van der Waals surface area contributed by atoms with Crippen LogP contribution in [0.3, 0.4) is 0 Å². The van der Waals surface area contributed by atoms with E-state index in [2.05, 4.69) is 4.98 Å². The third kappa shape index (κ3) is 4.79. The van der Waals surface area contributed by atoms with E-state index >= 15 is 0 Å². The topological polar surface area (TPSA) is 53.4 Å². The number of rotatable bonds is 4. The number of halogens is 3. The van der Waals surface area contributed by atoms with E-state index in [0.717, 1.165) is 0 Å². The minimum Gasteiger partial charge on any atom is -0.487 e.